The van der Waals surface area contributed by atoms with Crippen molar-refractivity contribution in [2.45, 2.75) is 18.3 Å². The second-order valence-corrected chi connectivity index (χ2v) is 8.09. The van der Waals surface area contributed by atoms with Crippen LogP contribution in [0.5, 0.6) is 11.5 Å². The molecule has 164 valence electrons. The maximum Gasteiger partial charge on any atom is 0.233 e. The number of carbonyl (C=O) groups is 1. The van der Waals surface area contributed by atoms with Crippen LogP contribution in [0.1, 0.15) is 11.4 Å². The van der Waals surface area contributed by atoms with E-state index in [1.54, 1.807) is 48.0 Å². The third-order valence-corrected chi connectivity index (χ3v) is 5.75. The van der Waals surface area contributed by atoms with E-state index in [9.17, 15) is 9.18 Å². The van der Waals surface area contributed by atoms with E-state index < -0.39 is 5.82 Å². The predicted molar refractivity (Wildman–Crippen MR) is 117 cm³/mol. The molecule has 0 saturated heterocycles. The van der Waals surface area contributed by atoms with Gasteiger partial charge in [0.25, 0.3) is 0 Å². The average Bonchev–Trinajstić information content (AvgIpc) is 3.11. The molecule has 0 aliphatic rings. The zero-order chi connectivity index (χ0) is 22.4. The van der Waals surface area contributed by atoms with Gasteiger partial charge in [-0.15, -0.1) is 10.2 Å². The van der Waals surface area contributed by atoms with Gasteiger partial charge < -0.3 is 18.9 Å². The fourth-order valence-corrected chi connectivity index (χ4v) is 3.68. The summed E-state index contributed by atoms with van der Waals surface area (Å²) in [6.07, 6.45) is 0. The first-order valence-corrected chi connectivity index (χ1v) is 10.7. The fraction of sp³-hybridized carbons (Fsp3) is 0.286. The van der Waals surface area contributed by atoms with Crippen LogP contribution < -0.4 is 9.47 Å². The molecule has 0 radical (unpaired) electrons. The molecule has 1 amide bonds. The molecule has 3 rings (SSSR count). The number of aromatic nitrogens is 3. The molecule has 31 heavy (non-hydrogen) atoms. The number of rotatable bonds is 9. The topological polar surface area (TPSA) is 69.5 Å². The van der Waals surface area contributed by atoms with Crippen LogP contribution in [-0.4, -0.2) is 45.5 Å². The van der Waals surface area contributed by atoms with Gasteiger partial charge >= 0.3 is 0 Å². The largest absolute Gasteiger partial charge is 0.494 e. The SMILES string of the molecule is COc1ccc(CN(C)C(=O)CSc2nnc(COc3ccc(Cl)cc3)n2C)cc1F. The van der Waals surface area contributed by atoms with Crippen LogP contribution in [0.25, 0.3) is 0 Å². The van der Waals surface area contributed by atoms with Crippen LogP contribution in [0.15, 0.2) is 47.6 Å². The monoisotopic (exact) mass is 464 g/mol. The van der Waals surface area contributed by atoms with Gasteiger partial charge in [0.15, 0.2) is 22.5 Å². The van der Waals surface area contributed by atoms with Crippen LogP contribution in [0.2, 0.25) is 5.02 Å². The maximum absolute atomic E-state index is 13.8. The van der Waals surface area contributed by atoms with E-state index in [1.165, 1.54) is 29.8 Å². The molecule has 0 unspecified atom stereocenters. The highest BCUT2D eigenvalue weighted by Crippen LogP contribution is 2.21. The Balaban J connectivity index is 1.51. The van der Waals surface area contributed by atoms with E-state index in [0.717, 1.165) is 0 Å². The summed E-state index contributed by atoms with van der Waals surface area (Å²) in [6.45, 7) is 0.530. The quantitative estimate of drug-likeness (QED) is 0.447. The molecule has 0 aliphatic heterocycles. The summed E-state index contributed by atoms with van der Waals surface area (Å²) in [5.74, 6) is 1.09. The molecule has 0 bridgehead atoms. The van der Waals surface area contributed by atoms with Crippen molar-refractivity contribution in [3.63, 3.8) is 0 Å². The number of thioether (sulfide) groups is 1. The van der Waals surface area contributed by atoms with Gasteiger partial charge in [-0.2, -0.15) is 0 Å². The predicted octanol–water partition coefficient (Wildman–Crippen LogP) is 3.95. The van der Waals surface area contributed by atoms with Gasteiger partial charge in [0.2, 0.25) is 5.91 Å². The molecule has 2 aromatic carbocycles. The van der Waals surface area contributed by atoms with Crippen molar-refractivity contribution < 1.29 is 18.7 Å². The molecule has 10 heteroatoms. The number of hydrogen-bond acceptors (Lipinski definition) is 6. The Labute approximate surface area is 189 Å². The zero-order valence-electron chi connectivity index (χ0n) is 17.3. The van der Waals surface area contributed by atoms with E-state index in [4.69, 9.17) is 21.1 Å². The van der Waals surface area contributed by atoms with Crippen molar-refractivity contribution in [3.05, 3.63) is 64.7 Å². The van der Waals surface area contributed by atoms with Gasteiger partial charge in [-0.05, 0) is 42.0 Å². The van der Waals surface area contributed by atoms with Gasteiger partial charge in [0, 0.05) is 25.7 Å². The van der Waals surface area contributed by atoms with Gasteiger partial charge in [0.05, 0.1) is 12.9 Å². The lowest BCUT2D eigenvalue weighted by Gasteiger charge is -2.17. The number of methoxy groups -OCH3 is 1. The minimum atomic E-state index is -0.456. The Morgan fingerprint density at radius 1 is 1.23 bits per heavy atom. The summed E-state index contributed by atoms with van der Waals surface area (Å²) in [6, 6.07) is 11.7. The number of carbonyl (C=O) groups excluding carboxylic acids is 1. The molecular weight excluding hydrogens is 443 g/mol. The van der Waals surface area contributed by atoms with Crippen LogP contribution in [0.3, 0.4) is 0 Å². The van der Waals surface area contributed by atoms with Crippen LogP contribution in [0, 0.1) is 5.82 Å². The normalized spacial score (nSPS) is 10.7. The first kappa shape index (κ1) is 22.9. The van der Waals surface area contributed by atoms with E-state index in [1.807, 2.05) is 7.05 Å². The van der Waals surface area contributed by atoms with Crippen molar-refractivity contribution in [2.24, 2.45) is 7.05 Å². The minimum absolute atomic E-state index is 0.108. The highest BCUT2D eigenvalue weighted by atomic mass is 35.5. The summed E-state index contributed by atoms with van der Waals surface area (Å²) in [4.78, 5) is 14.0. The molecular formula is C21H22ClFN4O3S. The molecule has 0 N–H and O–H groups in total. The molecule has 0 fully saturated rings. The number of halogens is 2. The standard InChI is InChI=1S/C21H22ClFN4O3S/c1-26(11-14-4-9-18(29-3)17(23)10-14)20(28)13-31-21-25-24-19(27(21)2)12-30-16-7-5-15(22)6-8-16/h4-10H,11-13H2,1-3H3. The maximum atomic E-state index is 13.8. The van der Waals surface area contributed by atoms with Crippen LogP contribution in [0.4, 0.5) is 4.39 Å². The van der Waals surface area contributed by atoms with Crippen LogP contribution in [-0.2, 0) is 25.0 Å². The molecule has 0 spiro atoms. The Hall–Kier alpha value is -2.78. The number of amides is 1. The third-order valence-electron chi connectivity index (χ3n) is 4.49. The summed E-state index contributed by atoms with van der Waals surface area (Å²) >= 11 is 7.15. The second-order valence-electron chi connectivity index (χ2n) is 6.71. The summed E-state index contributed by atoms with van der Waals surface area (Å²) in [7, 11) is 4.90. The molecule has 0 aliphatic carbocycles. The van der Waals surface area contributed by atoms with E-state index in [-0.39, 0.29) is 24.0 Å². The fourth-order valence-electron chi connectivity index (χ4n) is 2.68. The summed E-state index contributed by atoms with van der Waals surface area (Å²) in [5.41, 5.74) is 0.680. The highest BCUT2D eigenvalue weighted by molar-refractivity contribution is 7.99. The smallest absolute Gasteiger partial charge is 0.233 e. The Kier molecular flexibility index (Phi) is 7.75. The lowest BCUT2D eigenvalue weighted by Crippen LogP contribution is -2.28. The molecule has 1 heterocycles. The first-order valence-electron chi connectivity index (χ1n) is 9.33. The molecule has 1 aromatic heterocycles. The average molecular weight is 465 g/mol. The van der Waals surface area contributed by atoms with Crippen molar-refractivity contribution in [3.8, 4) is 11.5 Å². The van der Waals surface area contributed by atoms with E-state index in [0.29, 0.717) is 33.9 Å². The van der Waals surface area contributed by atoms with Crippen molar-refractivity contribution in [2.75, 3.05) is 19.9 Å². The second kappa shape index (κ2) is 10.5. The number of benzene rings is 2. The number of nitrogens with zero attached hydrogens (tertiary/aromatic N) is 4. The Morgan fingerprint density at radius 3 is 2.65 bits per heavy atom. The Bertz CT molecular complexity index is 1050. The van der Waals surface area contributed by atoms with E-state index >= 15 is 0 Å². The van der Waals surface area contributed by atoms with Crippen molar-refractivity contribution in [1.29, 1.82) is 0 Å². The zero-order valence-corrected chi connectivity index (χ0v) is 18.9. The molecule has 7 nitrogen and oxygen atoms in total. The summed E-state index contributed by atoms with van der Waals surface area (Å²) in [5, 5.41) is 9.50. The van der Waals surface area contributed by atoms with Gasteiger partial charge in [-0.3, -0.25) is 4.79 Å². The van der Waals surface area contributed by atoms with E-state index in [2.05, 4.69) is 10.2 Å². The summed E-state index contributed by atoms with van der Waals surface area (Å²) < 4.78 is 26.2. The molecule has 3 aromatic rings. The van der Waals surface area contributed by atoms with Crippen LogP contribution >= 0.6 is 23.4 Å². The lowest BCUT2D eigenvalue weighted by molar-refractivity contribution is -0.127. The van der Waals surface area contributed by atoms with Gasteiger partial charge in [0.1, 0.15) is 12.4 Å². The first-order chi connectivity index (χ1) is 14.9. The lowest BCUT2D eigenvalue weighted by atomic mass is 10.2. The van der Waals surface area contributed by atoms with Crippen molar-refractivity contribution in [1.82, 2.24) is 19.7 Å². The number of hydrogen-bond donors (Lipinski definition) is 0. The van der Waals surface area contributed by atoms with Gasteiger partial charge in [-0.25, -0.2) is 4.39 Å². The van der Waals surface area contributed by atoms with Crippen molar-refractivity contribution >= 4 is 29.3 Å². The molecule has 0 saturated carbocycles. The minimum Gasteiger partial charge on any atom is -0.494 e. The Morgan fingerprint density at radius 2 is 1.97 bits per heavy atom. The highest BCUT2D eigenvalue weighted by Gasteiger charge is 2.15. The molecule has 0 atom stereocenters. The third kappa shape index (κ3) is 6.11. The number of ether oxygens (including phenoxy) is 2. The van der Waals surface area contributed by atoms with Gasteiger partial charge in [-0.1, -0.05) is 29.4 Å².